The van der Waals surface area contributed by atoms with Gasteiger partial charge in [-0.2, -0.15) is 0 Å². The fraction of sp³-hybridized carbons (Fsp3) is 0.261. The van der Waals surface area contributed by atoms with Crippen LogP contribution in [0.25, 0.3) is 0 Å². The predicted molar refractivity (Wildman–Crippen MR) is 114 cm³/mol. The number of benzene rings is 2. The number of amides is 1. The molecule has 0 fully saturated rings. The second-order valence-electron chi connectivity index (χ2n) is 7.53. The van der Waals surface area contributed by atoms with Crippen molar-refractivity contribution in [3.05, 3.63) is 104 Å². The molecule has 0 aliphatic heterocycles. The second kappa shape index (κ2) is 9.69. The van der Waals surface area contributed by atoms with E-state index in [1.54, 1.807) is 0 Å². The topological polar surface area (TPSA) is 95.4 Å². The first-order valence-electron chi connectivity index (χ1n) is 9.97. The molecule has 0 saturated heterocycles. The molecule has 2 aromatic carbocycles. The van der Waals surface area contributed by atoms with Gasteiger partial charge in [-0.15, -0.1) is 0 Å². The molecule has 9 heteroatoms. The zero-order valence-electron chi connectivity index (χ0n) is 17.4. The van der Waals surface area contributed by atoms with Gasteiger partial charge in [-0.1, -0.05) is 24.3 Å². The Labute approximate surface area is 182 Å². The minimum absolute atomic E-state index is 0.0883. The number of H-pyrrole nitrogens is 1. The Morgan fingerprint density at radius 1 is 1.00 bits per heavy atom. The molecule has 0 radical (unpaired) electrons. The predicted octanol–water partition coefficient (Wildman–Crippen LogP) is 1.99. The molecule has 1 amide bonds. The van der Waals surface area contributed by atoms with Crippen molar-refractivity contribution in [3.63, 3.8) is 0 Å². The molecule has 32 heavy (non-hydrogen) atoms. The number of likely N-dealkylation sites (N-methyl/N-ethyl adjacent to an activating group) is 1. The van der Waals surface area contributed by atoms with Gasteiger partial charge in [-0.3, -0.25) is 14.6 Å². The van der Waals surface area contributed by atoms with E-state index in [9.17, 15) is 28.3 Å². The van der Waals surface area contributed by atoms with Gasteiger partial charge in [0.1, 0.15) is 17.2 Å². The van der Waals surface area contributed by atoms with Crippen LogP contribution in [-0.2, 0) is 16.9 Å². The highest BCUT2D eigenvalue weighted by Crippen LogP contribution is 2.31. The third kappa shape index (κ3) is 5.36. The van der Waals surface area contributed by atoms with Crippen molar-refractivity contribution in [1.29, 1.82) is 0 Å². The summed E-state index contributed by atoms with van der Waals surface area (Å²) in [5.41, 5.74) is -2.04. The minimum Gasteiger partial charge on any atom is -0.379 e. The van der Waals surface area contributed by atoms with Crippen LogP contribution >= 0.6 is 0 Å². The lowest BCUT2D eigenvalue weighted by molar-refractivity contribution is -0.132. The molecule has 0 aliphatic carbocycles. The van der Waals surface area contributed by atoms with Gasteiger partial charge in [-0.25, -0.2) is 13.6 Å². The van der Waals surface area contributed by atoms with Gasteiger partial charge in [-0.05, 0) is 41.8 Å². The van der Waals surface area contributed by atoms with Crippen LogP contribution in [0.1, 0.15) is 24.0 Å². The molecule has 0 saturated carbocycles. The highest BCUT2D eigenvalue weighted by Gasteiger charge is 2.34. The maximum Gasteiger partial charge on any atom is 0.328 e. The van der Waals surface area contributed by atoms with Crippen LogP contribution in [0.15, 0.2) is 70.4 Å². The molecule has 2 N–H and O–H groups in total. The lowest BCUT2D eigenvalue weighted by Gasteiger charge is -2.33. The second-order valence-corrected chi connectivity index (χ2v) is 7.53. The molecule has 1 aromatic heterocycles. The van der Waals surface area contributed by atoms with Crippen LogP contribution in [0, 0.1) is 11.6 Å². The maximum atomic E-state index is 13.4. The van der Waals surface area contributed by atoms with E-state index in [-0.39, 0.29) is 25.4 Å². The van der Waals surface area contributed by atoms with Crippen LogP contribution in [0.2, 0.25) is 0 Å². The Bertz CT molecular complexity index is 1140. The first-order chi connectivity index (χ1) is 15.2. The van der Waals surface area contributed by atoms with Crippen molar-refractivity contribution >= 4 is 5.91 Å². The summed E-state index contributed by atoms with van der Waals surface area (Å²) < 4.78 is 28.1. The number of halogens is 2. The van der Waals surface area contributed by atoms with Crippen molar-refractivity contribution in [2.24, 2.45) is 0 Å². The van der Waals surface area contributed by atoms with Crippen LogP contribution in [0.5, 0.6) is 0 Å². The minimum atomic E-state index is -1.69. The Balaban J connectivity index is 1.74. The first-order valence-corrected chi connectivity index (χ1v) is 9.97. The number of carbonyl (C=O) groups excluding carboxylic acids is 1. The summed E-state index contributed by atoms with van der Waals surface area (Å²) in [4.78, 5) is 39.0. The average molecular weight is 443 g/mol. The summed E-state index contributed by atoms with van der Waals surface area (Å²) in [7, 11) is 1.52. The van der Waals surface area contributed by atoms with Gasteiger partial charge in [0.25, 0.3) is 5.56 Å². The first kappa shape index (κ1) is 23.1. The van der Waals surface area contributed by atoms with Crippen molar-refractivity contribution in [1.82, 2.24) is 14.5 Å². The molecule has 3 aromatic rings. The number of rotatable bonds is 8. The van der Waals surface area contributed by atoms with Crippen LogP contribution in [-0.4, -0.2) is 39.1 Å². The fourth-order valence-electron chi connectivity index (χ4n) is 3.44. The third-order valence-corrected chi connectivity index (χ3v) is 5.22. The summed E-state index contributed by atoms with van der Waals surface area (Å²) in [6.07, 6.45) is 1.78. The van der Waals surface area contributed by atoms with E-state index < -0.39 is 28.5 Å². The molecule has 0 atom stereocenters. The number of carbonyl (C=O) groups is 1. The molecule has 0 unspecified atom stereocenters. The average Bonchev–Trinajstić information content (AvgIpc) is 2.76. The number of aryl methyl sites for hydroxylation is 1. The molecule has 0 spiro atoms. The van der Waals surface area contributed by atoms with E-state index in [2.05, 4.69) is 4.98 Å². The number of aromatic amines is 1. The lowest BCUT2D eigenvalue weighted by atomic mass is 9.85. The smallest absolute Gasteiger partial charge is 0.328 e. The van der Waals surface area contributed by atoms with Gasteiger partial charge in [0, 0.05) is 32.3 Å². The summed E-state index contributed by atoms with van der Waals surface area (Å²) in [6, 6.07) is 11.7. The van der Waals surface area contributed by atoms with Crippen molar-refractivity contribution < 1.29 is 18.7 Å². The molecule has 3 rings (SSSR count). The molecular formula is C23H23F2N3O4. The van der Waals surface area contributed by atoms with Gasteiger partial charge in [0.2, 0.25) is 5.91 Å². The maximum absolute atomic E-state index is 13.4. The fourth-order valence-corrected chi connectivity index (χ4v) is 3.44. The molecule has 1 heterocycles. The normalized spacial score (nSPS) is 11.4. The number of aromatic nitrogens is 2. The monoisotopic (exact) mass is 443 g/mol. The molecular weight excluding hydrogens is 420 g/mol. The Hall–Kier alpha value is -3.59. The zero-order valence-corrected chi connectivity index (χ0v) is 17.4. The number of hydrogen-bond acceptors (Lipinski definition) is 4. The molecule has 168 valence electrons. The van der Waals surface area contributed by atoms with E-state index in [4.69, 9.17) is 0 Å². The number of nitrogens with one attached hydrogen (secondary N) is 1. The third-order valence-electron chi connectivity index (χ3n) is 5.22. The van der Waals surface area contributed by atoms with Crippen molar-refractivity contribution in [3.8, 4) is 0 Å². The molecule has 0 aliphatic rings. The highest BCUT2D eigenvalue weighted by molar-refractivity contribution is 5.76. The van der Waals surface area contributed by atoms with Crippen LogP contribution < -0.4 is 11.2 Å². The summed E-state index contributed by atoms with van der Waals surface area (Å²) in [6.45, 7) is 0.0804. The van der Waals surface area contributed by atoms with E-state index in [1.807, 2.05) is 0 Å². The van der Waals surface area contributed by atoms with E-state index in [0.717, 1.165) is 0 Å². The molecule has 0 bridgehead atoms. The number of nitrogens with zero attached hydrogens (tertiary/aromatic N) is 2. The van der Waals surface area contributed by atoms with E-state index >= 15 is 0 Å². The van der Waals surface area contributed by atoms with Gasteiger partial charge in [0.15, 0.2) is 0 Å². The quantitative estimate of drug-likeness (QED) is 0.557. The Morgan fingerprint density at radius 2 is 1.53 bits per heavy atom. The Morgan fingerprint density at radius 3 is 2.03 bits per heavy atom. The standard InChI is InChI=1S/C23H23F2N3O4/c1-27(21(30)3-2-13-28-14-12-20(29)26-22(28)31)15-23(32,16-4-8-18(24)9-5-16)17-6-10-19(25)11-7-17/h4-12,14,32H,2-3,13,15H2,1H3,(H,26,29,31). The number of hydrogen-bond donors (Lipinski definition) is 2. The summed E-state index contributed by atoms with van der Waals surface area (Å²) in [5.74, 6) is -1.24. The number of aliphatic hydroxyl groups is 1. The van der Waals surface area contributed by atoms with Crippen molar-refractivity contribution in [2.45, 2.75) is 25.0 Å². The van der Waals surface area contributed by atoms with Crippen LogP contribution in [0.4, 0.5) is 8.78 Å². The SMILES string of the molecule is CN(CC(O)(c1ccc(F)cc1)c1ccc(F)cc1)C(=O)CCCn1ccc(=O)[nH]c1=O. The van der Waals surface area contributed by atoms with Crippen molar-refractivity contribution in [2.75, 3.05) is 13.6 Å². The lowest BCUT2D eigenvalue weighted by Crippen LogP contribution is -2.42. The van der Waals surface area contributed by atoms with Gasteiger partial charge in [0.05, 0.1) is 6.54 Å². The van der Waals surface area contributed by atoms with E-state index in [0.29, 0.717) is 17.5 Å². The largest absolute Gasteiger partial charge is 0.379 e. The zero-order chi connectivity index (χ0) is 23.3. The van der Waals surface area contributed by atoms with E-state index in [1.165, 1.54) is 77.3 Å². The summed E-state index contributed by atoms with van der Waals surface area (Å²) >= 11 is 0. The van der Waals surface area contributed by atoms with Gasteiger partial charge < -0.3 is 14.6 Å². The summed E-state index contributed by atoms with van der Waals surface area (Å²) in [5, 5.41) is 11.5. The highest BCUT2D eigenvalue weighted by atomic mass is 19.1. The van der Waals surface area contributed by atoms with Crippen LogP contribution in [0.3, 0.4) is 0 Å². The molecule has 7 nitrogen and oxygen atoms in total. The Kier molecular flexibility index (Phi) is 6.99. The van der Waals surface area contributed by atoms with Gasteiger partial charge >= 0.3 is 5.69 Å².